The van der Waals surface area contributed by atoms with Crippen molar-refractivity contribution in [3.8, 4) is 22.6 Å². The Morgan fingerprint density at radius 1 is 0.621 bits per heavy atom. The van der Waals surface area contributed by atoms with Crippen molar-refractivity contribution in [2.75, 3.05) is 19.8 Å². The predicted octanol–water partition coefficient (Wildman–Crippen LogP) is 7.29. The van der Waals surface area contributed by atoms with Gasteiger partial charge < -0.3 is 14.2 Å². The fraction of sp³-hybridized carbons (Fsp3) is 0.538. The first-order chi connectivity index (χ1) is 14.2. The minimum Gasteiger partial charge on any atom is -0.494 e. The number of hydrogen-bond acceptors (Lipinski definition) is 3. The lowest BCUT2D eigenvalue weighted by Crippen LogP contribution is -2.18. The summed E-state index contributed by atoms with van der Waals surface area (Å²) in [6, 6.07) is 16.6. The van der Waals surface area contributed by atoms with Gasteiger partial charge >= 0.3 is 0 Å². The van der Waals surface area contributed by atoms with Crippen LogP contribution in [0.4, 0.5) is 0 Å². The molecule has 29 heavy (non-hydrogen) atoms. The van der Waals surface area contributed by atoms with Crippen LogP contribution in [0.1, 0.15) is 65.7 Å². The van der Waals surface area contributed by atoms with Crippen LogP contribution in [-0.2, 0) is 4.74 Å². The third-order valence-electron chi connectivity index (χ3n) is 4.94. The largest absolute Gasteiger partial charge is 0.494 e. The topological polar surface area (TPSA) is 27.7 Å². The fourth-order valence-corrected chi connectivity index (χ4v) is 3.07. The van der Waals surface area contributed by atoms with Crippen LogP contribution in [-0.4, -0.2) is 25.9 Å². The number of unbranched alkanes of at least 4 members (excludes halogenated alkanes) is 5. The highest BCUT2D eigenvalue weighted by atomic mass is 16.5. The maximum Gasteiger partial charge on any atom is 0.119 e. The van der Waals surface area contributed by atoms with Crippen LogP contribution in [0.2, 0.25) is 0 Å². The van der Waals surface area contributed by atoms with Crippen molar-refractivity contribution in [1.29, 1.82) is 0 Å². The van der Waals surface area contributed by atoms with Gasteiger partial charge in [0.25, 0.3) is 0 Å². The van der Waals surface area contributed by atoms with Crippen LogP contribution < -0.4 is 9.47 Å². The van der Waals surface area contributed by atoms with E-state index in [4.69, 9.17) is 14.2 Å². The zero-order valence-corrected chi connectivity index (χ0v) is 18.5. The van der Waals surface area contributed by atoms with Crippen LogP contribution in [0.15, 0.2) is 48.5 Å². The van der Waals surface area contributed by atoms with Gasteiger partial charge in [-0.1, -0.05) is 70.2 Å². The van der Waals surface area contributed by atoms with Crippen LogP contribution in [0.5, 0.6) is 11.5 Å². The Morgan fingerprint density at radius 3 is 1.76 bits per heavy atom. The second-order valence-electron chi connectivity index (χ2n) is 7.66. The molecule has 160 valence electrons. The van der Waals surface area contributed by atoms with Gasteiger partial charge in [-0.2, -0.15) is 0 Å². The zero-order valence-electron chi connectivity index (χ0n) is 18.5. The number of rotatable bonds is 15. The third kappa shape index (κ3) is 9.36. The zero-order chi connectivity index (χ0) is 20.7. The van der Waals surface area contributed by atoms with E-state index in [2.05, 4.69) is 57.2 Å². The van der Waals surface area contributed by atoms with Crippen LogP contribution in [0.3, 0.4) is 0 Å². The third-order valence-corrected chi connectivity index (χ3v) is 4.94. The van der Waals surface area contributed by atoms with E-state index < -0.39 is 0 Å². The molecule has 0 fully saturated rings. The van der Waals surface area contributed by atoms with Crippen molar-refractivity contribution in [2.45, 2.75) is 71.8 Å². The highest BCUT2D eigenvalue weighted by molar-refractivity contribution is 5.64. The van der Waals surface area contributed by atoms with Gasteiger partial charge in [-0.05, 0) is 55.2 Å². The van der Waals surface area contributed by atoms with Crippen LogP contribution in [0.25, 0.3) is 11.1 Å². The van der Waals surface area contributed by atoms with Crippen molar-refractivity contribution >= 4 is 0 Å². The first kappa shape index (κ1) is 23.3. The molecule has 2 rings (SSSR count). The van der Waals surface area contributed by atoms with E-state index in [-0.39, 0.29) is 6.10 Å². The molecule has 3 nitrogen and oxygen atoms in total. The molecule has 0 bridgehead atoms. The van der Waals surface area contributed by atoms with E-state index in [9.17, 15) is 0 Å². The Morgan fingerprint density at radius 2 is 1.17 bits per heavy atom. The summed E-state index contributed by atoms with van der Waals surface area (Å²) in [5.41, 5.74) is 2.36. The van der Waals surface area contributed by atoms with Crippen molar-refractivity contribution in [1.82, 2.24) is 0 Å². The summed E-state index contributed by atoms with van der Waals surface area (Å²) in [5, 5.41) is 0. The van der Waals surface area contributed by atoms with Crippen molar-refractivity contribution in [3.63, 3.8) is 0 Å². The fourth-order valence-electron chi connectivity index (χ4n) is 3.07. The molecule has 0 aliphatic carbocycles. The van der Waals surface area contributed by atoms with E-state index >= 15 is 0 Å². The highest BCUT2D eigenvalue weighted by Crippen LogP contribution is 2.25. The molecule has 2 aromatic carbocycles. The first-order valence-corrected chi connectivity index (χ1v) is 11.3. The van der Waals surface area contributed by atoms with E-state index in [1.54, 1.807) is 0 Å². The molecule has 0 aromatic heterocycles. The minimum atomic E-state index is 0.111. The summed E-state index contributed by atoms with van der Waals surface area (Å²) in [4.78, 5) is 0. The SMILES string of the molecule is CCCCCCCOc1ccc(-c2ccc(OCC(C)OCCCC)cc2)cc1. The van der Waals surface area contributed by atoms with Crippen molar-refractivity contribution in [3.05, 3.63) is 48.5 Å². The van der Waals surface area contributed by atoms with Gasteiger partial charge in [0.15, 0.2) is 0 Å². The molecule has 0 heterocycles. The maximum atomic E-state index is 5.85. The molecule has 0 spiro atoms. The molecule has 0 N–H and O–H groups in total. The summed E-state index contributed by atoms with van der Waals surface area (Å²) in [6.45, 7) is 8.65. The second-order valence-corrected chi connectivity index (χ2v) is 7.66. The number of benzene rings is 2. The Hall–Kier alpha value is -2.00. The lowest BCUT2D eigenvalue weighted by molar-refractivity contribution is 0.0309. The van der Waals surface area contributed by atoms with Gasteiger partial charge in [-0.3, -0.25) is 0 Å². The smallest absolute Gasteiger partial charge is 0.119 e. The Kier molecular flexibility index (Phi) is 11.3. The van der Waals surface area contributed by atoms with E-state index in [1.807, 2.05) is 12.1 Å². The second kappa shape index (κ2) is 14.1. The molecule has 0 saturated heterocycles. The van der Waals surface area contributed by atoms with E-state index in [1.165, 1.54) is 36.8 Å². The Labute approximate surface area is 177 Å². The van der Waals surface area contributed by atoms with E-state index in [0.29, 0.717) is 6.61 Å². The summed E-state index contributed by atoms with van der Waals surface area (Å²) in [5.74, 6) is 1.82. The lowest BCUT2D eigenvalue weighted by Gasteiger charge is -2.14. The van der Waals surface area contributed by atoms with Crippen LogP contribution >= 0.6 is 0 Å². The average Bonchev–Trinajstić information content (AvgIpc) is 2.76. The Bertz CT molecular complexity index is 649. The summed E-state index contributed by atoms with van der Waals surface area (Å²) >= 11 is 0. The van der Waals surface area contributed by atoms with Gasteiger partial charge in [0, 0.05) is 6.61 Å². The average molecular weight is 399 g/mol. The molecule has 1 unspecified atom stereocenters. The molecule has 0 aliphatic heterocycles. The summed E-state index contributed by atoms with van der Waals surface area (Å²) in [7, 11) is 0. The van der Waals surface area contributed by atoms with Gasteiger partial charge in [0.05, 0.1) is 12.7 Å². The summed E-state index contributed by atoms with van der Waals surface area (Å²) in [6.07, 6.45) is 8.66. The Balaban J connectivity index is 1.74. The molecular formula is C26H38O3. The molecule has 1 atom stereocenters. The minimum absolute atomic E-state index is 0.111. The highest BCUT2D eigenvalue weighted by Gasteiger charge is 2.04. The van der Waals surface area contributed by atoms with Gasteiger partial charge in [-0.25, -0.2) is 0 Å². The molecule has 0 aliphatic rings. The van der Waals surface area contributed by atoms with Gasteiger partial charge in [0.2, 0.25) is 0 Å². The number of hydrogen-bond donors (Lipinski definition) is 0. The molecular weight excluding hydrogens is 360 g/mol. The quantitative estimate of drug-likeness (QED) is 0.295. The standard InChI is InChI=1S/C26H38O3/c1-4-6-8-9-10-20-28-25-15-11-23(12-16-25)24-13-17-26(18-14-24)29-21-22(3)27-19-7-5-2/h11-18,22H,4-10,19-21H2,1-3H3. The maximum absolute atomic E-state index is 5.85. The summed E-state index contributed by atoms with van der Waals surface area (Å²) < 4.78 is 17.4. The van der Waals surface area contributed by atoms with Crippen molar-refractivity contribution in [2.24, 2.45) is 0 Å². The molecule has 3 heteroatoms. The molecule has 2 aromatic rings. The van der Waals surface area contributed by atoms with Crippen molar-refractivity contribution < 1.29 is 14.2 Å². The van der Waals surface area contributed by atoms with Crippen LogP contribution in [0, 0.1) is 0 Å². The van der Waals surface area contributed by atoms with Gasteiger partial charge in [0.1, 0.15) is 18.1 Å². The molecule has 0 amide bonds. The lowest BCUT2D eigenvalue weighted by atomic mass is 10.1. The van der Waals surface area contributed by atoms with Gasteiger partial charge in [-0.15, -0.1) is 0 Å². The number of ether oxygens (including phenoxy) is 3. The first-order valence-electron chi connectivity index (χ1n) is 11.3. The molecule has 0 saturated carbocycles. The van der Waals surface area contributed by atoms with E-state index in [0.717, 1.165) is 44.0 Å². The monoisotopic (exact) mass is 398 g/mol. The normalized spacial score (nSPS) is 12.0. The molecule has 0 radical (unpaired) electrons. The predicted molar refractivity (Wildman–Crippen MR) is 122 cm³/mol.